The molecule has 15 heavy (non-hydrogen) atoms. The molecule has 1 aromatic rings. The van der Waals surface area contributed by atoms with Gasteiger partial charge in [-0.2, -0.15) is 0 Å². The first-order valence-corrected chi connectivity index (χ1v) is 5.60. The van der Waals surface area contributed by atoms with Crippen LogP contribution in [0.1, 0.15) is 25.3 Å². The SMILES string of the molecule is COc1ccc(C2(C)CCCNC2)cc1. The number of rotatable bonds is 2. The summed E-state index contributed by atoms with van der Waals surface area (Å²) < 4.78 is 5.17. The maximum atomic E-state index is 5.17. The van der Waals surface area contributed by atoms with Gasteiger partial charge in [0.05, 0.1) is 7.11 Å². The minimum absolute atomic E-state index is 0.296. The van der Waals surface area contributed by atoms with Crippen molar-refractivity contribution in [3.8, 4) is 5.75 Å². The molecule has 0 aromatic heterocycles. The molecule has 2 heteroatoms. The number of hydrogen-bond acceptors (Lipinski definition) is 2. The largest absolute Gasteiger partial charge is 0.497 e. The molecule has 0 bridgehead atoms. The molecule has 2 nitrogen and oxygen atoms in total. The summed E-state index contributed by atoms with van der Waals surface area (Å²) in [5, 5.41) is 3.47. The van der Waals surface area contributed by atoms with Crippen molar-refractivity contribution in [1.82, 2.24) is 5.32 Å². The summed E-state index contributed by atoms with van der Waals surface area (Å²) in [6.07, 6.45) is 2.54. The van der Waals surface area contributed by atoms with Crippen molar-refractivity contribution in [1.29, 1.82) is 0 Å². The Hall–Kier alpha value is -1.02. The third kappa shape index (κ3) is 2.15. The van der Waals surface area contributed by atoms with Crippen molar-refractivity contribution >= 4 is 0 Å². The van der Waals surface area contributed by atoms with Crippen molar-refractivity contribution in [3.05, 3.63) is 29.8 Å². The fraction of sp³-hybridized carbons (Fsp3) is 0.538. The van der Waals surface area contributed by atoms with E-state index in [-0.39, 0.29) is 0 Å². The molecule has 0 saturated carbocycles. The Morgan fingerprint density at radius 2 is 2.00 bits per heavy atom. The summed E-state index contributed by atoms with van der Waals surface area (Å²) in [5.74, 6) is 0.936. The lowest BCUT2D eigenvalue weighted by Gasteiger charge is -2.34. The van der Waals surface area contributed by atoms with Crippen LogP contribution >= 0.6 is 0 Å². The molecule has 1 N–H and O–H groups in total. The van der Waals surface area contributed by atoms with Crippen molar-refractivity contribution in [2.45, 2.75) is 25.2 Å². The van der Waals surface area contributed by atoms with E-state index in [1.807, 2.05) is 0 Å². The predicted octanol–water partition coefficient (Wildman–Crippen LogP) is 2.34. The Kier molecular flexibility index (Phi) is 2.96. The molecule has 0 aliphatic carbocycles. The second-order valence-corrected chi connectivity index (χ2v) is 4.57. The highest BCUT2D eigenvalue weighted by Gasteiger charge is 2.28. The first-order valence-electron chi connectivity index (χ1n) is 5.60. The lowest BCUT2D eigenvalue weighted by molar-refractivity contribution is 0.339. The van der Waals surface area contributed by atoms with Crippen LogP contribution in [0.15, 0.2) is 24.3 Å². The van der Waals surface area contributed by atoms with E-state index in [0.717, 1.165) is 18.8 Å². The number of nitrogens with one attached hydrogen (secondary N) is 1. The van der Waals surface area contributed by atoms with Gasteiger partial charge in [0, 0.05) is 12.0 Å². The molecule has 1 fully saturated rings. The van der Waals surface area contributed by atoms with Crippen LogP contribution in [-0.2, 0) is 5.41 Å². The zero-order valence-corrected chi connectivity index (χ0v) is 9.55. The van der Waals surface area contributed by atoms with Crippen LogP contribution in [0.3, 0.4) is 0 Å². The smallest absolute Gasteiger partial charge is 0.118 e. The summed E-state index contributed by atoms with van der Waals surface area (Å²) in [7, 11) is 1.71. The number of hydrogen-bond donors (Lipinski definition) is 1. The number of benzene rings is 1. The van der Waals surface area contributed by atoms with Gasteiger partial charge >= 0.3 is 0 Å². The van der Waals surface area contributed by atoms with Crippen molar-refractivity contribution in [2.24, 2.45) is 0 Å². The first-order chi connectivity index (χ1) is 7.24. The standard InChI is InChI=1S/C13H19NO/c1-13(8-3-9-14-10-13)11-4-6-12(15-2)7-5-11/h4-7,14H,3,8-10H2,1-2H3. The van der Waals surface area contributed by atoms with Crippen LogP contribution in [0.25, 0.3) is 0 Å². The molecule has 1 unspecified atom stereocenters. The summed E-state index contributed by atoms with van der Waals surface area (Å²) in [6, 6.07) is 8.47. The molecule has 2 rings (SSSR count). The number of ether oxygens (including phenoxy) is 1. The Balaban J connectivity index is 2.20. The summed E-state index contributed by atoms with van der Waals surface area (Å²) in [5.41, 5.74) is 1.71. The van der Waals surface area contributed by atoms with Gasteiger partial charge in [-0.25, -0.2) is 0 Å². The number of methoxy groups -OCH3 is 1. The fourth-order valence-corrected chi connectivity index (χ4v) is 2.30. The minimum Gasteiger partial charge on any atom is -0.497 e. The van der Waals surface area contributed by atoms with E-state index in [2.05, 4.69) is 36.5 Å². The van der Waals surface area contributed by atoms with Crippen molar-refractivity contribution in [2.75, 3.05) is 20.2 Å². The summed E-state index contributed by atoms with van der Waals surface area (Å²) in [4.78, 5) is 0. The Labute approximate surface area is 91.6 Å². The van der Waals surface area contributed by atoms with E-state index in [0.29, 0.717) is 5.41 Å². The van der Waals surface area contributed by atoms with Crippen LogP contribution in [0.4, 0.5) is 0 Å². The Morgan fingerprint density at radius 1 is 1.27 bits per heavy atom. The topological polar surface area (TPSA) is 21.3 Å². The molecule has 1 aliphatic heterocycles. The highest BCUT2D eigenvalue weighted by atomic mass is 16.5. The van der Waals surface area contributed by atoms with Gasteiger partial charge in [0.25, 0.3) is 0 Å². The van der Waals surface area contributed by atoms with Gasteiger partial charge in [0.15, 0.2) is 0 Å². The van der Waals surface area contributed by atoms with Gasteiger partial charge in [0.1, 0.15) is 5.75 Å². The molecule has 1 aromatic carbocycles. The van der Waals surface area contributed by atoms with E-state index < -0.39 is 0 Å². The Bertz CT molecular complexity index is 312. The van der Waals surface area contributed by atoms with E-state index in [1.54, 1.807) is 7.11 Å². The second-order valence-electron chi connectivity index (χ2n) is 4.57. The van der Waals surface area contributed by atoms with E-state index in [4.69, 9.17) is 4.74 Å². The van der Waals surface area contributed by atoms with Crippen LogP contribution in [-0.4, -0.2) is 20.2 Å². The zero-order valence-electron chi connectivity index (χ0n) is 9.55. The van der Waals surface area contributed by atoms with Crippen LogP contribution in [0.5, 0.6) is 5.75 Å². The average Bonchev–Trinajstić information content (AvgIpc) is 2.30. The van der Waals surface area contributed by atoms with Gasteiger partial charge in [-0.3, -0.25) is 0 Å². The predicted molar refractivity (Wildman–Crippen MR) is 62.4 cm³/mol. The highest BCUT2D eigenvalue weighted by molar-refractivity contribution is 5.32. The zero-order chi connectivity index (χ0) is 10.7. The molecule has 1 aliphatic rings. The molecule has 1 atom stereocenters. The first kappa shape index (κ1) is 10.5. The third-order valence-corrected chi connectivity index (χ3v) is 3.38. The van der Waals surface area contributed by atoms with Crippen molar-refractivity contribution < 1.29 is 4.74 Å². The quantitative estimate of drug-likeness (QED) is 0.800. The molecule has 0 spiro atoms. The number of piperidine rings is 1. The lowest BCUT2D eigenvalue weighted by atomic mass is 9.76. The summed E-state index contributed by atoms with van der Waals surface area (Å²) in [6.45, 7) is 4.58. The molecule has 0 amide bonds. The van der Waals surface area contributed by atoms with Crippen LogP contribution in [0.2, 0.25) is 0 Å². The maximum Gasteiger partial charge on any atom is 0.118 e. The van der Waals surface area contributed by atoms with Crippen LogP contribution in [0, 0.1) is 0 Å². The molecule has 0 radical (unpaired) electrons. The fourth-order valence-electron chi connectivity index (χ4n) is 2.30. The Morgan fingerprint density at radius 3 is 2.53 bits per heavy atom. The average molecular weight is 205 g/mol. The van der Waals surface area contributed by atoms with E-state index in [9.17, 15) is 0 Å². The lowest BCUT2D eigenvalue weighted by Crippen LogP contribution is -2.41. The monoisotopic (exact) mass is 205 g/mol. The molecule has 1 saturated heterocycles. The highest BCUT2D eigenvalue weighted by Crippen LogP contribution is 2.31. The van der Waals surface area contributed by atoms with Crippen LogP contribution < -0.4 is 10.1 Å². The third-order valence-electron chi connectivity index (χ3n) is 3.38. The van der Waals surface area contributed by atoms with Gasteiger partial charge in [-0.1, -0.05) is 19.1 Å². The van der Waals surface area contributed by atoms with Crippen molar-refractivity contribution in [3.63, 3.8) is 0 Å². The minimum atomic E-state index is 0.296. The molecule has 82 valence electrons. The summed E-state index contributed by atoms with van der Waals surface area (Å²) >= 11 is 0. The van der Waals surface area contributed by atoms with Gasteiger partial charge in [-0.05, 0) is 37.1 Å². The molecular formula is C13H19NO. The normalized spacial score (nSPS) is 26.3. The molecule has 1 heterocycles. The van der Waals surface area contributed by atoms with E-state index in [1.165, 1.54) is 18.4 Å². The maximum absolute atomic E-state index is 5.17. The van der Waals surface area contributed by atoms with E-state index >= 15 is 0 Å². The van der Waals surface area contributed by atoms with Gasteiger partial charge in [-0.15, -0.1) is 0 Å². The molecular weight excluding hydrogens is 186 g/mol. The second kappa shape index (κ2) is 4.23. The van der Waals surface area contributed by atoms with Gasteiger partial charge < -0.3 is 10.1 Å². The van der Waals surface area contributed by atoms with Gasteiger partial charge in [0.2, 0.25) is 0 Å².